The number of aromatic nitrogens is 5. The standard InChI is InChI=1S/C56H39N5O/c1-2-16-36-62-54-38(19-5-1)34-35-51-53(54)45-28-12-15-31-48(45)60(51)46-29-13-10-26-43(46)41-24-17-25-42(37-41)59-47-30-14-11-27-44(47)52-49(59)32-18-33-50(52)61-55(39-20-6-3-7-21-39)57-58-56(61)40-22-8-4-9-23-40/h1-18,20-35,37H,19,36H2. The molecule has 62 heavy (non-hydrogen) atoms. The molecule has 0 bridgehead atoms. The third-order valence-electron chi connectivity index (χ3n) is 12.1. The van der Waals surface area contributed by atoms with Gasteiger partial charge in [0.1, 0.15) is 12.4 Å². The maximum absolute atomic E-state index is 6.56. The summed E-state index contributed by atoms with van der Waals surface area (Å²) >= 11 is 0. The van der Waals surface area contributed by atoms with Crippen LogP contribution in [0.3, 0.4) is 0 Å². The molecule has 0 saturated carbocycles. The van der Waals surface area contributed by atoms with Crippen LogP contribution in [0.25, 0.3) is 94.6 Å². The number of hydrogen-bond donors (Lipinski definition) is 0. The molecule has 6 heteroatoms. The molecule has 0 amide bonds. The Labute approximate surface area is 358 Å². The molecule has 4 heterocycles. The predicted octanol–water partition coefficient (Wildman–Crippen LogP) is 13.5. The third-order valence-corrected chi connectivity index (χ3v) is 12.1. The summed E-state index contributed by atoms with van der Waals surface area (Å²) in [4.78, 5) is 0. The second kappa shape index (κ2) is 14.8. The van der Waals surface area contributed by atoms with Crippen molar-refractivity contribution in [3.63, 3.8) is 0 Å². The van der Waals surface area contributed by atoms with Crippen LogP contribution in [0.15, 0.2) is 212 Å². The first kappa shape index (κ1) is 35.7. The molecule has 0 spiro atoms. The highest BCUT2D eigenvalue weighted by atomic mass is 16.5. The van der Waals surface area contributed by atoms with Crippen LogP contribution in [0, 0.1) is 0 Å². The number of nitrogens with zero attached hydrogens (tertiary/aromatic N) is 5. The van der Waals surface area contributed by atoms with Gasteiger partial charge in [0.2, 0.25) is 0 Å². The first-order chi connectivity index (χ1) is 30.8. The lowest BCUT2D eigenvalue weighted by Crippen LogP contribution is -2.02. The summed E-state index contributed by atoms with van der Waals surface area (Å²) in [5, 5.41) is 14.3. The molecule has 0 N–H and O–H groups in total. The normalized spacial score (nSPS) is 12.7. The molecule has 294 valence electrons. The summed E-state index contributed by atoms with van der Waals surface area (Å²) in [5.74, 6) is 2.54. The molecular formula is C56H39N5O. The van der Waals surface area contributed by atoms with Crippen molar-refractivity contribution < 1.29 is 4.74 Å². The topological polar surface area (TPSA) is 49.8 Å². The van der Waals surface area contributed by atoms with Crippen LogP contribution in [-0.2, 0) is 6.42 Å². The zero-order valence-corrected chi connectivity index (χ0v) is 33.8. The van der Waals surface area contributed by atoms with Crippen LogP contribution in [0.1, 0.15) is 5.56 Å². The Morgan fingerprint density at radius 3 is 1.77 bits per heavy atom. The van der Waals surface area contributed by atoms with E-state index in [2.05, 4.69) is 214 Å². The summed E-state index contributed by atoms with van der Waals surface area (Å²) in [7, 11) is 0. The quantitative estimate of drug-likeness (QED) is 0.168. The van der Waals surface area contributed by atoms with E-state index in [0.29, 0.717) is 6.61 Å². The van der Waals surface area contributed by atoms with E-state index in [1.54, 1.807) is 0 Å². The number of allylic oxidation sites excluding steroid dienone is 3. The maximum Gasteiger partial charge on any atom is 0.168 e. The van der Waals surface area contributed by atoms with Gasteiger partial charge in [-0.2, -0.15) is 0 Å². The van der Waals surface area contributed by atoms with E-state index in [1.165, 1.54) is 10.9 Å². The number of para-hydroxylation sites is 3. The molecule has 1 aliphatic heterocycles. The van der Waals surface area contributed by atoms with E-state index in [9.17, 15) is 0 Å². The highest BCUT2D eigenvalue weighted by molar-refractivity contribution is 6.14. The number of ether oxygens (including phenoxy) is 1. The van der Waals surface area contributed by atoms with Gasteiger partial charge in [-0.25, -0.2) is 0 Å². The van der Waals surface area contributed by atoms with Gasteiger partial charge < -0.3 is 13.9 Å². The van der Waals surface area contributed by atoms with Gasteiger partial charge in [-0.3, -0.25) is 4.57 Å². The molecule has 0 atom stereocenters. The minimum Gasteiger partial charge on any atom is -0.488 e. The Morgan fingerprint density at radius 1 is 0.419 bits per heavy atom. The molecule has 0 unspecified atom stereocenters. The molecule has 0 fully saturated rings. The summed E-state index contributed by atoms with van der Waals surface area (Å²) in [6.45, 7) is 0.519. The van der Waals surface area contributed by atoms with Gasteiger partial charge in [0.15, 0.2) is 11.6 Å². The van der Waals surface area contributed by atoms with Crippen molar-refractivity contribution in [2.45, 2.75) is 6.42 Å². The van der Waals surface area contributed by atoms with Crippen molar-refractivity contribution in [3.05, 3.63) is 218 Å². The molecule has 0 radical (unpaired) electrons. The van der Waals surface area contributed by atoms with Crippen LogP contribution < -0.4 is 4.74 Å². The van der Waals surface area contributed by atoms with Crippen LogP contribution in [0.4, 0.5) is 0 Å². The lowest BCUT2D eigenvalue weighted by atomic mass is 10.0. The van der Waals surface area contributed by atoms with Crippen LogP contribution in [0.5, 0.6) is 5.75 Å². The van der Waals surface area contributed by atoms with E-state index in [1.807, 2.05) is 12.1 Å². The second-order valence-corrected chi connectivity index (χ2v) is 15.7. The monoisotopic (exact) mass is 797 g/mol. The molecular weight excluding hydrogens is 759 g/mol. The Balaban J connectivity index is 1.06. The summed E-state index contributed by atoms with van der Waals surface area (Å²) in [6.07, 6.45) is 9.26. The van der Waals surface area contributed by atoms with Crippen LogP contribution >= 0.6 is 0 Å². The highest BCUT2D eigenvalue weighted by Gasteiger charge is 2.24. The zero-order chi connectivity index (χ0) is 41.0. The molecule has 6 nitrogen and oxygen atoms in total. The first-order valence-electron chi connectivity index (χ1n) is 21.1. The largest absolute Gasteiger partial charge is 0.488 e. The van der Waals surface area contributed by atoms with Gasteiger partial charge in [0, 0.05) is 38.5 Å². The number of hydrogen-bond acceptors (Lipinski definition) is 3. The molecule has 0 aliphatic carbocycles. The average molecular weight is 798 g/mol. The first-order valence-corrected chi connectivity index (χ1v) is 21.1. The maximum atomic E-state index is 6.56. The molecule has 11 aromatic rings. The number of rotatable bonds is 6. The minimum atomic E-state index is 0.519. The fraction of sp³-hybridized carbons (Fsp3) is 0.0357. The molecule has 12 rings (SSSR count). The minimum absolute atomic E-state index is 0.519. The molecule has 0 saturated heterocycles. The highest BCUT2D eigenvalue weighted by Crippen LogP contribution is 2.43. The Bertz CT molecular complexity index is 3500. The fourth-order valence-electron chi connectivity index (χ4n) is 9.45. The Morgan fingerprint density at radius 2 is 1.00 bits per heavy atom. The van der Waals surface area contributed by atoms with Crippen LogP contribution in [-0.4, -0.2) is 30.5 Å². The summed E-state index contributed by atoms with van der Waals surface area (Å²) in [6, 6.07) is 66.9. The van der Waals surface area contributed by atoms with E-state index in [-0.39, 0.29) is 0 Å². The zero-order valence-electron chi connectivity index (χ0n) is 33.8. The van der Waals surface area contributed by atoms with Gasteiger partial charge in [-0.05, 0) is 72.2 Å². The van der Waals surface area contributed by atoms with Crippen molar-refractivity contribution in [2.24, 2.45) is 0 Å². The van der Waals surface area contributed by atoms with Crippen molar-refractivity contribution >= 4 is 43.6 Å². The average Bonchev–Trinajstić information content (AvgIpc) is 4.05. The van der Waals surface area contributed by atoms with Gasteiger partial charge in [-0.1, -0.05) is 158 Å². The fourth-order valence-corrected chi connectivity index (χ4v) is 9.45. The van der Waals surface area contributed by atoms with Crippen molar-refractivity contribution in [1.82, 2.24) is 23.9 Å². The lowest BCUT2D eigenvalue weighted by Gasteiger charge is -2.16. The summed E-state index contributed by atoms with van der Waals surface area (Å²) < 4.78 is 13.6. The van der Waals surface area contributed by atoms with Gasteiger partial charge in [0.25, 0.3) is 0 Å². The van der Waals surface area contributed by atoms with E-state index < -0.39 is 0 Å². The van der Waals surface area contributed by atoms with Crippen LogP contribution in [0.2, 0.25) is 0 Å². The molecule has 8 aromatic carbocycles. The van der Waals surface area contributed by atoms with Crippen molar-refractivity contribution in [3.8, 4) is 56.7 Å². The summed E-state index contributed by atoms with van der Waals surface area (Å²) in [5.41, 5.74) is 13.1. The van der Waals surface area contributed by atoms with E-state index >= 15 is 0 Å². The van der Waals surface area contributed by atoms with Gasteiger partial charge in [0.05, 0.1) is 38.8 Å². The van der Waals surface area contributed by atoms with Crippen molar-refractivity contribution in [2.75, 3.05) is 6.61 Å². The number of fused-ring (bicyclic) bond motifs is 8. The van der Waals surface area contributed by atoms with Gasteiger partial charge in [-0.15, -0.1) is 10.2 Å². The van der Waals surface area contributed by atoms with Gasteiger partial charge >= 0.3 is 0 Å². The Hall–Kier alpha value is -8.22. The lowest BCUT2D eigenvalue weighted by molar-refractivity contribution is 0.364. The van der Waals surface area contributed by atoms with Crippen molar-refractivity contribution in [1.29, 1.82) is 0 Å². The second-order valence-electron chi connectivity index (χ2n) is 15.7. The van der Waals surface area contributed by atoms with E-state index in [0.717, 1.165) is 101 Å². The number of benzene rings is 8. The Kier molecular flexibility index (Phi) is 8.52. The smallest absolute Gasteiger partial charge is 0.168 e. The predicted molar refractivity (Wildman–Crippen MR) is 254 cm³/mol. The molecule has 3 aromatic heterocycles. The molecule has 1 aliphatic rings. The van der Waals surface area contributed by atoms with E-state index in [4.69, 9.17) is 14.9 Å². The SMILES string of the molecule is C1=CCOc2c(ccc3c2c2ccccc2n3-c2ccccc2-c2cccc(-n3c4ccccc4c4c(-n5c(-c6ccccc6)nnc5-c5ccccc5)cccc43)c2)CC=C1. The third kappa shape index (κ3) is 5.72.